The van der Waals surface area contributed by atoms with Crippen molar-refractivity contribution in [2.24, 2.45) is 0 Å². The Morgan fingerprint density at radius 3 is 2.74 bits per heavy atom. The topological polar surface area (TPSA) is 69.1 Å². The maximum Gasteiger partial charge on any atom is 0.137 e. The summed E-state index contributed by atoms with van der Waals surface area (Å²) in [6, 6.07) is 4.70. The highest BCUT2D eigenvalue weighted by atomic mass is 35.5. The van der Waals surface area contributed by atoms with Gasteiger partial charge in [-0.25, -0.2) is 0 Å². The van der Waals surface area contributed by atoms with Crippen molar-refractivity contribution in [2.45, 2.75) is 0 Å². The van der Waals surface area contributed by atoms with Crippen molar-refractivity contribution in [2.75, 3.05) is 0 Å². The van der Waals surface area contributed by atoms with E-state index in [9.17, 15) is 10.2 Å². The Balaban J connectivity index is 2.19. The molecule has 0 aliphatic carbocycles. The van der Waals surface area contributed by atoms with Gasteiger partial charge < -0.3 is 10.2 Å². The lowest BCUT2D eigenvalue weighted by Crippen LogP contribution is -1.84. The van der Waals surface area contributed by atoms with Gasteiger partial charge in [0.1, 0.15) is 11.5 Å². The second-order valence-corrected chi connectivity index (χ2v) is 5.18. The third kappa shape index (κ3) is 2.07. The highest BCUT2D eigenvalue weighted by Gasteiger charge is 2.15. The largest absolute Gasteiger partial charge is 0.507 e. The molecule has 3 rings (SSSR count). The lowest BCUT2D eigenvalue weighted by atomic mass is 10.0. The molecule has 0 fully saturated rings. The zero-order chi connectivity index (χ0) is 13.4. The number of thiophene rings is 1. The SMILES string of the molecule is Oc1cc(O)c(-c2[nH]ncc2-c2ccsc2)cc1Cl. The molecular formula is C13H9ClN2O2S. The lowest BCUT2D eigenvalue weighted by Gasteiger charge is -2.07. The van der Waals surface area contributed by atoms with Crippen LogP contribution < -0.4 is 0 Å². The number of aromatic nitrogens is 2. The predicted molar refractivity (Wildman–Crippen MR) is 75.7 cm³/mol. The number of hydrogen-bond acceptors (Lipinski definition) is 4. The van der Waals surface area contributed by atoms with Crippen molar-refractivity contribution in [1.82, 2.24) is 10.2 Å². The highest BCUT2D eigenvalue weighted by molar-refractivity contribution is 7.08. The van der Waals surface area contributed by atoms with Crippen LogP contribution in [0.1, 0.15) is 0 Å². The minimum atomic E-state index is -0.153. The molecule has 1 aromatic carbocycles. The van der Waals surface area contributed by atoms with Crippen molar-refractivity contribution < 1.29 is 10.2 Å². The second kappa shape index (κ2) is 4.60. The summed E-state index contributed by atoms with van der Waals surface area (Å²) in [5.41, 5.74) is 3.05. The molecule has 0 saturated heterocycles. The summed E-state index contributed by atoms with van der Waals surface area (Å²) in [6.07, 6.45) is 1.69. The van der Waals surface area contributed by atoms with Crippen LogP contribution in [-0.4, -0.2) is 20.4 Å². The average Bonchev–Trinajstić information content (AvgIpc) is 3.03. The number of nitrogens with zero attached hydrogens (tertiary/aromatic N) is 1. The number of H-pyrrole nitrogens is 1. The molecule has 0 bridgehead atoms. The average molecular weight is 293 g/mol. The summed E-state index contributed by atoms with van der Waals surface area (Å²) >= 11 is 7.47. The van der Waals surface area contributed by atoms with E-state index in [1.54, 1.807) is 17.5 Å². The molecule has 19 heavy (non-hydrogen) atoms. The fourth-order valence-electron chi connectivity index (χ4n) is 1.88. The van der Waals surface area contributed by atoms with Crippen LogP contribution >= 0.6 is 22.9 Å². The standard InChI is InChI=1S/C13H9ClN2O2S/c14-10-3-8(11(17)4-12(10)18)13-9(5-15-16-13)7-1-2-19-6-7/h1-6,17-18H,(H,15,16). The molecule has 6 heteroatoms. The molecule has 3 aromatic rings. The maximum atomic E-state index is 9.95. The van der Waals surface area contributed by atoms with E-state index < -0.39 is 0 Å². The minimum Gasteiger partial charge on any atom is -0.507 e. The Morgan fingerprint density at radius 2 is 2.00 bits per heavy atom. The van der Waals surface area contributed by atoms with E-state index in [4.69, 9.17) is 11.6 Å². The molecule has 0 spiro atoms. The summed E-state index contributed by atoms with van der Waals surface area (Å²) in [6.45, 7) is 0. The van der Waals surface area contributed by atoms with Crippen molar-refractivity contribution >= 4 is 22.9 Å². The molecule has 0 saturated carbocycles. The summed E-state index contributed by atoms with van der Waals surface area (Å²) in [5.74, 6) is -0.206. The van der Waals surface area contributed by atoms with Crippen LogP contribution in [0.25, 0.3) is 22.4 Å². The van der Waals surface area contributed by atoms with Crippen LogP contribution in [-0.2, 0) is 0 Å². The predicted octanol–water partition coefficient (Wildman–Crippen LogP) is 3.87. The minimum absolute atomic E-state index is 0.0531. The van der Waals surface area contributed by atoms with Crippen molar-refractivity contribution in [3.8, 4) is 33.9 Å². The molecule has 0 aliphatic rings. The molecule has 0 radical (unpaired) electrons. The molecule has 0 amide bonds. The van der Waals surface area contributed by atoms with Crippen LogP contribution in [0.3, 0.4) is 0 Å². The Labute approximate surface area is 117 Å². The molecule has 2 aromatic heterocycles. The van der Waals surface area contributed by atoms with Crippen molar-refractivity contribution in [3.05, 3.63) is 40.2 Å². The molecule has 4 nitrogen and oxygen atoms in total. The summed E-state index contributed by atoms with van der Waals surface area (Å²) in [4.78, 5) is 0. The molecular weight excluding hydrogens is 284 g/mol. The van der Waals surface area contributed by atoms with E-state index in [1.165, 1.54) is 12.1 Å². The number of nitrogens with one attached hydrogen (secondary N) is 1. The molecule has 96 valence electrons. The van der Waals surface area contributed by atoms with Gasteiger partial charge in [0.25, 0.3) is 0 Å². The van der Waals surface area contributed by atoms with Gasteiger partial charge in [-0.15, -0.1) is 0 Å². The Hall–Kier alpha value is -1.98. The smallest absolute Gasteiger partial charge is 0.137 e. The first-order valence-corrected chi connectivity index (χ1v) is 6.76. The van der Waals surface area contributed by atoms with E-state index in [2.05, 4.69) is 10.2 Å². The van der Waals surface area contributed by atoms with E-state index in [1.807, 2.05) is 16.8 Å². The monoisotopic (exact) mass is 292 g/mol. The first kappa shape index (κ1) is 12.1. The van der Waals surface area contributed by atoms with Crippen molar-refractivity contribution in [1.29, 1.82) is 0 Å². The summed E-state index contributed by atoms with van der Waals surface area (Å²) < 4.78 is 0. The van der Waals surface area contributed by atoms with E-state index in [-0.39, 0.29) is 16.5 Å². The van der Waals surface area contributed by atoms with Gasteiger partial charge in [-0.2, -0.15) is 16.4 Å². The van der Waals surface area contributed by atoms with Gasteiger partial charge in [0, 0.05) is 17.2 Å². The molecule has 3 N–H and O–H groups in total. The number of hydrogen-bond donors (Lipinski definition) is 3. The van der Waals surface area contributed by atoms with Gasteiger partial charge in [-0.1, -0.05) is 11.6 Å². The number of aromatic amines is 1. The number of halogens is 1. The van der Waals surface area contributed by atoms with Gasteiger partial charge in [0.05, 0.1) is 16.9 Å². The third-order valence-electron chi connectivity index (χ3n) is 2.81. The van der Waals surface area contributed by atoms with Gasteiger partial charge >= 0.3 is 0 Å². The maximum absolute atomic E-state index is 9.95. The second-order valence-electron chi connectivity index (χ2n) is 3.99. The lowest BCUT2D eigenvalue weighted by molar-refractivity contribution is 0.452. The Kier molecular flexibility index (Phi) is 2.93. The first-order chi connectivity index (χ1) is 9.16. The van der Waals surface area contributed by atoms with Crippen LogP contribution in [0, 0.1) is 0 Å². The summed E-state index contributed by atoms with van der Waals surface area (Å²) in [7, 11) is 0. The molecule has 2 heterocycles. The number of rotatable bonds is 2. The third-order valence-corrected chi connectivity index (χ3v) is 3.79. The number of phenolic OH excluding ortho intramolecular Hbond substituents is 2. The van der Waals surface area contributed by atoms with Crippen LogP contribution in [0.15, 0.2) is 35.2 Å². The fourth-order valence-corrected chi connectivity index (χ4v) is 2.70. The number of phenols is 2. The molecule has 0 aliphatic heterocycles. The van der Waals surface area contributed by atoms with Gasteiger partial charge in [-0.3, -0.25) is 5.10 Å². The van der Waals surface area contributed by atoms with Crippen molar-refractivity contribution in [3.63, 3.8) is 0 Å². The van der Waals surface area contributed by atoms with E-state index in [0.717, 1.165) is 11.1 Å². The highest BCUT2D eigenvalue weighted by Crippen LogP contribution is 2.40. The summed E-state index contributed by atoms with van der Waals surface area (Å²) in [5, 5.41) is 30.4. The molecule has 0 atom stereocenters. The quantitative estimate of drug-likeness (QED) is 0.671. The van der Waals surface area contributed by atoms with Gasteiger partial charge in [0.2, 0.25) is 0 Å². The molecule has 0 unspecified atom stereocenters. The zero-order valence-corrected chi connectivity index (χ0v) is 11.2. The van der Waals surface area contributed by atoms with Gasteiger partial charge in [0.15, 0.2) is 0 Å². The normalized spacial score (nSPS) is 10.8. The first-order valence-electron chi connectivity index (χ1n) is 5.44. The van der Waals surface area contributed by atoms with E-state index in [0.29, 0.717) is 11.3 Å². The van der Waals surface area contributed by atoms with Crippen LogP contribution in [0.4, 0.5) is 0 Å². The number of benzene rings is 1. The number of aromatic hydroxyl groups is 2. The van der Waals surface area contributed by atoms with E-state index >= 15 is 0 Å². The Morgan fingerprint density at radius 1 is 1.16 bits per heavy atom. The Bertz CT molecular complexity index is 722. The van der Waals surface area contributed by atoms with Crippen LogP contribution in [0.2, 0.25) is 5.02 Å². The van der Waals surface area contributed by atoms with Gasteiger partial charge in [-0.05, 0) is 28.5 Å². The van der Waals surface area contributed by atoms with Crippen LogP contribution in [0.5, 0.6) is 11.5 Å². The zero-order valence-electron chi connectivity index (χ0n) is 9.59. The fraction of sp³-hybridized carbons (Fsp3) is 0.